The first-order valence-electron chi connectivity index (χ1n) is 30.1. The fraction of sp³-hybridized carbons (Fsp3) is 0.918. The molecule has 5 heteroatoms. The Labute approximate surface area is 413 Å². The standard InChI is InChI=1S/C61H119NO4/c1-3-5-7-9-11-13-15-17-19-21-22-23-24-25-26-27-28-29-30-31-32-33-34-35-36-37-38-40-42-44-46-48-50-52-54-56-60(65)62-58(57-63)61(66)59(64)55-53-51-49-47-45-43-41-39-20-18-16-14-12-10-8-6-4-2/h24-25,27-28,58-59,61,63-64,66H,3-23,26,29-57H2,1-2H3,(H,62,65)/b25-24-,28-27-. The number of aliphatic hydroxyl groups is 3. The van der Waals surface area contributed by atoms with Crippen LogP contribution in [0, 0.1) is 0 Å². The van der Waals surface area contributed by atoms with Gasteiger partial charge < -0.3 is 20.6 Å². The minimum atomic E-state index is -1.13. The van der Waals surface area contributed by atoms with Gasteiger partial charge in [0.15, 0.2) is 0 Å². The van der Waals surface area contributed by atoms with Gasteiger partial charge in [-0.3, -0.25) is 4.79 Å². The van der Waals surface area contributed by atoms with E-state index in [-0.39, 0.29) is 12.5 Å². The van der Waals surface area contributed by atoms with Crippen LogP contribution >= 0.6 is 0 Å². The van der Waals surface area contributed by atoms with Crippen molar-refractivity contribution in [2.24, 2.45) is 0 Å². The van der Waals surface area contributed by atoms with E-state index in [9.17, 15) is 20.1 Å². The van der Waals surface area contributed by atoms with E-state index in [0.29, 0.717) is 12.8 Å². The second-order valence-electron chi connectivity index (χ2n) is 20.9. The van der Waals surface area contributed by atoms with Gasteiger partial charge in [-0.15, -0.1) is 0 Å². The molecular weight excluding hydrogens is 811 g/mol. The normalized spacial score (nSPS) is 13.3. The number of rotatable bonds is 56. The summed E-state index contributed by atoms with van der Waals surface area (Å²) in [7, 11) is 0. The summed E-state index contributed by atoms with van der Waals surface area (Å²) in [5.74, 6) is -0.139. The Bertz CT molecular complexity index is 982. The lowest BCUT2D eigenvalue weighted by atomic mass is 9.99. The largest absolute Gasteiger partial charge is 0.394 e. The van der Waals surface area contributed by atoms with Gasteiger partial charge in [0.2, 0.25) is 5.91 Å². The van der Waals surface area contributed by atoms with Crippen molar-refractivity contribution < 1.29 is 20.1 Å². The average molecular weight is 931 g/mol. The second kappa shape index (κ2) is 56.4. The van der Waals surface area contributed by atoms with Crippen LogP contribution in [0.1, 0.15) is 335 Å². The Balaban J connectivity index is 3.47. The highest BCUT2D eigenvalue weighted by Gasteiger charge is 2.26. The molecule has 0 aliphatic heterocycles. The van der Waals surface area contributed by atoms with E-state index in [4.69, 9.17) is 0 Å². The number of allylic oxidation sites excluding steroid dienone is 4. The minimum Gasteiger partial charge on any atom is -0.394 e. The molecule has 0 aromatic heterocycles. The number of unbranched alkanes of at least 4 members (excludes halogenated alkanes) is 44. The zero-order chi connectivity index (χ0) is 47.9. The summed E-state index contributed by atoms with van der Waals surface area (Å²) in [4.78, 5) is 12.5. The Morgan fingerprint density at radius 1 is 0.379 bits per heavy atom. The number of carbonyl (C=O) groups is 1. The van der Waals surface area contributed by atoms with E-state index >= 15 is 0 Å². The van der Waals surface area contributed by atoms with Crippen molar-refractivity contribution in [3.63, 3.8) is 0 Å². The molecule has 0 radical (unpaired) electrons. The van der Waals surface area contributed by atoms with Gasteiger partial charge in [0.1, 0.15) is 6.10 Å². The third kappa shape index (κ3) is 50.7. The SMILES string of the molecule is CCCCCCCCCCCCC/C=C\C/C=C\CCCCCCCCCCCCCCCCCCCC(=O)NC(CO)C(O)C(O)CCCCCCCCCCCCCCCCCCC. The number of amides is 1. The molecule has 0 spiro atoms. The van der Waals surface area contributed by atoms with E-state index in [1.54, 1.807) is 0 Å². The highest BCUT2D eigenvalue weighted by Crippen LogP contribution is 2.18. The molecule has 0 heterocycles. The van der Waals surface area contributed by atoms with Crippen molar-refractivity contribution in [2.45, 2.75) is 353 Å². The van der Waals surface area contributed by atoms with Crippen molar-refractivity contribution in [2.75, 3.05) is 6.61 Å². The third-order valence-corrected chi connectivity index (χ3v) is 14.3. The molecule has 0 fully saturated rings. The van der Waals surface area contributed by atoms with Gasteiger partial charge in [0.05, 0.1) is 18.8 Å². The summed E-state index contributed by atoms with van der Waals surface area (Å²) in [6, 6.07) is -0.808. The molecule has 0 aliphatic rings. The summed E-state index contributed by atoms with van der Waals surface area (Å²) >= 11 is 0. The van der Waals surface area contributed by atoms with Gasteiger partial charge in [-0.2, -0.15) is 0 Å². The number of aliphatic hydroxyl groups excluding tert-OH is 3. The first kappa shape index (κ1) is 64.8. The van der Waals surface area contributed by atoms with E-state index in [1.165, 1.54) is 270 Å². The maximum atomic E-state index is 12.5. The Kier molecular flexibility index (Phi) is 55.4. The molecule has 3 atom stereocenters. The number of nitrogens with one attached hydrogen (secondary N) is 1. The smallest absolute Gasteiger partial charge is 0.220 e. The highest BCUT2D eigenvalue weighted by atomic mass is 16.3. The lowest BCUT2D eigenvalue weighted by Crippen LogP contribution is -2.50. The van der Waals surface area contributed by atoms with Crippen molar-refractivity contribution in [1.82, 2.24) is 5.32 Å². The van der Waals surface area contributed by atoms with Gasteiger partial charge in [-0.05, 0) is 44.9 Å². The molecular formula is C61H119NO4. The van der Waals surface area contributed by atoms with Crippen LogP contribution in [0.4, 0.5) is 0 Å². The molecule has 66 heavy (non-hydrogen) atoms. The Hall–Kier alpha value is -1.17. The fourth-order valence-corrected chi connectivity index (χ4v) is 9.67. The zero-order valence-corrected chi connectivity index (χ0v) is 44.9. The van der Waals surface area contributed by atoms with Crippen LogP contribution in [0.2, 0.25) is 0 Å². The predicted molar refractivity (Wildman–Crippen MR) is 292 cm³/mol. The minimum absolute atomic E-state index is 0.139. The Morgan fingerprint density at radius 2 is 0.652 bits per heavy atom. The summed E-state index contributed by atoms with van der Waals surface area (Å²) in [5, 5.41) is 33.8. The molecule has 0 bridgehead atoms. The van der Waals surface area contributed by atoms with E-state index in [2.05, 4.69) is 43.5 Å². The van der Waals surface area contributed by atoms with E-state index in [1.807, 2.05) is 0 Å². The first-order valence-corrected chi connectivity index (χ1v) is 30.1. The van der Waals surface area contributed by atoms with Crippen LogP contribution in [0.3, 0.4) is 0 Å². The average Bonchev–Trinajstić information content (AvgIpc) is 3.32. The molecule has 4 N–H and O–H groups in total. The van der Waals surface area contributed by atoms with Gasteiger partial charge >= 0.3 is 0 Å². The van der Waals surface area contributed by atoms with Crippen LogP contribution in [-0.4, -0.2) is 46.1 Å². The lowest BCUT2D eigenvalue weighted by Gasteiger charge is -2.26. The van der Waals surface area contributed by atoms with Crippen molar-refractivity contribution in [1.29, 1.82) is 0 Å². The monoisotopic (exact) mass is 930 g/mol. The molecule has 0 rings (SSSR count). The lowest BCUT2D eigenvalue weighted by molar-refractivity contribution is -0.124. The van der Waals surface area contributed by atoms with Crippen molar-refractivity contribution in [3.8, 4) is 0 Å². The molecule has 0 aromatic rings. The summed E-state index contributed by atoms with van der Waals surface area (Å²) in [6.45, 7) is 4.22. The maximum absolute atomic E-state index is 12.5. The molecule has 0 aliphatic carbocycles. The van der Waals surface area contributed by atoms with E-state index < -0.39 is 18.2 Å². The third-order valence-electron chi connectivity index (χ3n) is 14.3. The van der Waals surface area contributed by atoms with Crippen LogP contribution < -0.4 is 5.32 Å². The summed E-state index contributed by atoms with van der Waals surface area (Å²) in [5.41, 5.74) is 0. The van der Waals surface area contributed by atoms with Crippen LogP contribution in [0.15, 0.2) is 24.3 Å². The number of hydrogen-bond donors (Lipinski definition) is 4. The zero-order valence-electron chi connectivity index (χ0n) is 44.9. The van der Waals surface area contributed by atoms with E-state index in [0.717, 1.165) is 38.5 Å². The van der Waals surface area contributed by atoms with Crippen molar-refractivity contribution in [3.05, 3.63) is 24.3 Å². The molecule has 0 saturated heterocycles. The van der Waals surface area contributed by atoms with Crippen LogP contribution in [0.5, 0.6) is 0 Å². The molecule has 3 unspecified atom stereocenters. The van der Waals surface area contributed by atoms with Crippen LogP contribution in [0.25, 0.3) is 0 Å². The maximum Gasteiger partial charge on any atom is 0.220 e. The quantitative estimate of drug-likeness (QED) is 0.0361. The second-order valence-corrected chi connectivity index (χ2v) is 20.9. The Morgan fingerprint density at radius 3 is 0.955 bits per heavy atom. The molecule has 5 nitrogen and oxygen atoms in total. The van der Waals surface area contributed by atoms with Gasteiger partial charge in [0, 0.05) is 6.42 Å². The number of carbonyl (C=O) groups excluding carboxylic acids is 1. The van der Waals surface area contributed by atoms with Crippen molar-refractivity contribution >= 4 is 5.91 Å². The van der Waals surface area contributed by atoms with Crippen LogP contribution in [-0.2, 0) is 4.79 Å². The first-order chi connectivity index (χ1) is 32.6. The summed E-state index contributed by atoms with van der Waals surface area (Å²) in [6.07, 6.45) is 72.1. The predicted octanol–water partition coefficient (Wildman–Crippen LogP) is 18.8. The molecule has 0 aromatic carbocycles. The topological polar surface area (TPSA) is 89.8 Å². The van der Waals surface area contributed by atoms with Gasteiger partial charge in [0.25, 0.3) is 0 Å². The molecule has 0 saturated carbocycles. The number of hydrogen-bond acceptors (Lipinski definition) is 4. The highest BCUT2D eigenvalue weighted by molar-refractivity contribution is 5.76. The summed E-state index contributed by atoms with van der Waals surface area (Å²) < 4.78 is 0. The fourth-order valence-electron chi connectivity index (χ4n) is 9.67. The van der Waals surface area contributed by atoms with Gasteiger partial charge in [-0.1, -0.05) is 308 Å². The molecule has 1 amide bonds. The van der Waals surface area contributed by atoms with Gasteiger partial charge in [-0.25, -0.2) is 0 Å². The molecule has 392 valence electrons.